The van der Waals surface area contributed by atoms with Gasteiger partial charge in [-0.25, -0.2) is 0 Å². The summed E-state index contributed by atoms with van der Waals surface area (Å²) in [6.45, 7) is 2.95. The summed E-state index contributed by atoms with van der Waals surface area (Å²) < 4.78 is 10.8. The van der Waals surface area contributed by atoms with E-state index in [2.05, 4.69) is 0 Å². The van der Waals surface area contributed by atoms with E-state index in [-0.39, 0.29) is 0 Å². The van der Waals surface area contributed by atoms with Crippen LogP contribution in [-0.2, 0) is 14.9 Å². The van der Waals surface area contributed by atoms with Crippen molar-refractivity contribution in [1.82, 2.24) is 0 Å². The molecule has 1 saturated heterocycles. The molecule has 4 nitrogen and oxygen atoms in total. The van der Waals surface area contributed by atoms with Crippen LogP contribution in [0.5, 0.6) is 5.75 Å². The molecule has 2 aliphatic rings. The van der Waals surface area contributed by atoms with Crippen LogP contribution in [0.1, 0.15) is 24.0 Å². The van der Waals surface area contributed by atoms with Crippen LogP contribution in [0.3, 0.4) is 0 Å². The molecule has 1 aliphatic carbocycles. The smallest absolute Gasteiger partial charge is 0.310 e. The van der Waals surface area contributed by atoms with Crippen molar-refractivity contribution in [1.29, 1.82) is 0 Å². The zero-order valence-corrected chi connectivity index (χ0v) is 11.2. The Labute approximate surface area is 112 Å². The Morgan fingerprint density at radius 3 is 2.47 bits per heavy atom. The maximum Gasteiger partial charge on any atom is 0.310 e. The number of rotatable bonds is 4. The Kier molecular flexibility index (Phi) is 2.61. The molecule has 1 N–H and O–H groups in total. The quantitative estimate of drug-likeness (QED) is 0.903. The average Bonchev–Trinajstić information content (AvgIpc) is 3.10. The minimum atomic E-state index is -0.709. The van der Waals surface area contributed by atoms with Crippen molar-refractivity contribution in [3.8, 4) is 5.75 Å². The van der Waals surface area contributed by atoms with E-state index in [9.17, 15) is 9.90 Å². The van der Waals surface area contributed by atoms with Crippen molar-refractivity contribution < 1.29 is 19.4 Å². The minimum Gasteiger partial charge on any atom is -0.496 e. The Morgan fingerprint density at radius 2 is 2.05 bits per heavy atom. The van der Waals surface area contributed by atoms with Crippen LogP contribution in [0.2, 0.25) is 0 Å². The fourth-order valence-corrected chi connectivity index (χ4v) is 3.21. The van der Waals surface area contributed by atoms with Gasteiger partial charge in [0.1, 0.15) is 5.75 Å². The van der Waals surface area contributed by atoms with Gasteiger partial charge in [0.25, 0.3) is 0 Å². The van der Waals surface area contributed by atoms with Crippen LogP contribution in [0.15, 0.2) is 18.2 Å². The number of hydrogen-bond acceptors (Lipinski definition) is 3. The van der Waals surface area contributed by atoms with E-state index in [4.69, 9.17) is 9.47 Å². The zero-order chi connectivity index (χ0) is 13.7. The van der Waals surface area contributed by atoms with Gasteiger partial charge in [0.05, 0.1) is 31.2 Å². The summed E-state index contributed by atoms with van der Waals surface area (Å²) in [6.07, 6.45) is 1.45. The molecule has 4 heteroatoms. The zero-order valence-electron chi connectivity index (χ0n) is 11.2. The molecule has 102 valence electrons. The highest BCUT2D eigenvalue weighted by Crippen LogP contribution is 2.63. The summed E-state index contributed by atoms with van der Waals surface area (Å²) >= 11 is 0. The van der Waals surface area contributed by atoms with Crippen molar-refractivity contribution in [2.24, 2.45) is 5.41 Å². The van der Waals surface area contributed by atoms with Crippen molar-refractivity contribution in [2.45, 2.75) is 25.2 Å². The summed E-state index contributed by atoms with van der Waals surface area (Å²) in [6, 6.07) is 5.95. The predicted molar refractivity (Wildman–Crippen MR) is 69.5 cm³/mol. The van der Waals surface area contributed by atoms with Gasteiger partial charge in [0.2, 0.25) is 0 Å². The number of carbonyl (C=O) groups is 1. The number of benzene rings is 1. The number of carboxylic acids is 1. The summed E-state index contributed by atoms with van der Waals surface area (Å²) in [7, 11) is 1.63. The van der Waals surface area contributed by atoms with Crippen LogP contribution >= 0.6 is 0 Å². The predicted octanol–water partition coefficient (Wildman–Crippen LogP) is 2.14. The third kappa shape index (κ3) is 1.53. The lowest BCUT2D eigenvalue weighted by atomic mass is 9.65. The molecule has 3 rings (SSSR count). The first-order valence-electron chi connectivity index (χ1n) is 6.52. The molecule has 19 heavy (non-hydrogen) atoms. The van der Waals surface area contributed by atoms with Gasteiger partial charge in [-0.15, -0.1) is 0 Å². The third-order valence-corrected chi connectivity index (χ3v) is 4.64. The molecule has 1 aromatic rings. The first-order valence-corrected chi connectivity index (χ1v) is 6.52. The molecule has 1 aliphatic heterocycles. The highest BCUT2D eigenvalue weighted by atomic mass is 16.5. The summed E-state index contributed by atoms with van der Waals surface area (Å²) in [4.78, 5) is 11.7. The van der Waals surface area contributed by atoms with E-state index in [0.717, 1.165) is 29.7 Å². The lowest BCUT2D eigenvalue weighted by Crippen LogP contribution is -2.56. The van der Waals surface area contributed by atoms with Gasteiger partial charge in [-0.05, 0) is 25.8 Å². The Hall–Kier alpha value is -1.55. The molecule has 1 saturated carbocycles. The maximum absolute atomic E-state index is 11.7. The van der Waals surface area contributed by atoms with E-state index in [1.807, 2.05) is 25.1 Å². The SMILES string of the molecule is COc1ccc(C)cc1C1(C2(C(=O)O)CC2)COC1. The molecule has 0 amide bonds. The van der Waals surface area contributed by atoms with Gasteiger partial charge >= 0.3 is 5.97 Å². The minimum absolute atomic E-state index is 0.420. The second kappa shape index (κ2) is 3.97. The van der Waals surface area contributed by atoms with Crippen molar-refractivity contribution >= 4 is 5.97 Å². The fraction of sp³-hybridized carbons (Fsp3) is 0.533. The van der Waals surface area contributed by atoms with E-state index in [1.165, 1.54) is 0 Å². The second-order valence-electron chi connectivity index (χ2n) is 5.67. The summed E-state index contributed by atoms with van der Waals surface area (Å²) in [5, 5.41) is 9.60. The first-order chi connectivity index (χ1) is 9.06. The number of methoxy groups -OCH3 is 1. The Bertz CT molecular complexity index is 527. The largest absolute Gasteiger partial charge is 0.496 e. The van der Waals surface area contributed by atoms with Crippen LogP contribution in [-0.4, -0.2) is 31.4 Å². The number of hydrogen-bond donors (Lipinski definition) is 1. The number of ether oxygens (including phenoxy) is 2. The maximum atomic E-state index is 11.7. The molecule has 0 spiro atoms. The van der Waals surface area contributed by atoms with Gasteiger partial charge in [0.15, 0.2) is 0 Å². The molecule has 1 aromatic carbocycles. The molecular weight excluding hydrogens is 244 g/mol. The molecule has 0 bridgehead atoms. The van der Waals surface area contributed by atoms with Gasteiger partial charge in [-0.1, -0.05) is 17.7 Å². The number of carboxylic acid groups (broad SMARTS) is 1. The molecule has 2 fully saturated rings. The number of aliphatic carboxylic acids is 1. The summed E-state index contributed by atoms with van der Waals surface area (Å²) in [5.74, 6) is 0.0563. The molecule has 0 aromatic heterocycles. The van der Waals surface area contributed by atoms with Gasteiger partial charge < -0.3 is 14.6 Å². The van der Waals surface area contributed by atoms with Gasteiger partial charge in [-0.3, -0.25) is 4.79 Å². The molecular formula is C15H18O4. The topological polar surface area (TPSA) is 55.8 Å². The molecule has 0 unspecified atom stereocenters. The highest BCUT2D eigenvalue weighted by molar-refractivity contribution is 5.81. The average molecular weight is 262 g/mol. The van der Waals surface area contributed by atoms with Gasteiger partial charge in [-0.2, -0.15) is 0 Å². The standard InChI is InChI=1S/C15H18O4/c1-10-3-4-12(18-2)11(7-10)15(8-19-9-15)14(5-6-14)13(16)17/h3-4,7H,5-6,8-9H2,1-2H3,(H,16,17). The molecule has 1 heterocycles. The lowest BCUT2D eigenvalue weighted by Gasteiger charge is -2.47. The van der Waals surface area contributed by atoms with Crippen LogP contribution in [0.4, 0.5) is 0 Å². The van der Waals surface area contributed by atoms with Crippen molar-refractivity contribution in [3.05, 3.63) is 29.3 Å². The van der Waals surface area contributed by atoms with Crippen LogP contribution in [0.25, 0.3) is 0 Å². The molecule has 0 atom stereocenters. The summed E-state index contributed by atoms with van der Waals surface area (Å²) in [5.41, 5.74) is 1.02. The highest BCUT2D eigenvalue weighted by Gasteiger charge is 2.69. The van der Waals surface area contributed by atoms with E-state index < -0.39 is 16.8 Å². The van der Waals surface area contributed by atoms with Crippen molar-refractivity contribution in [2.75, 3.05) is 20.3 Å². The Balaban J connectivity index is 2.13. The second-order valence-corrected chi connectivity index (χ2v) is 5.67. The van der Waals surface area contributed by atoms with E-state index in [1.54, 1.807) is 7.11 Å². The lowest BCUT2D eigenvalue weighted by molar-refractivity contribution is -0.161. The van der Waals surface area contributed by atoms with Crippen molar-refractivity contribution in [3.63, 3.8) is 0 Å². The monoisotopic (exact) mass is 262 g/mol. The van der Waals surface area contributed by atoms with Gasteiger partial charge in [0, 0.05) is 5.56 Å². The Morgan fingerprint density at radius 1 is 1.37 bits per heavy atom. The number of aryl methyl sites for hydroxylation is 1. The van der Waals surface area contributed by atoms with Crippen LogP contribution < -0.4 is 4.74 Å². The third-order valence-electron chi connectivity index (χ3n) is 4.64. The van der Waals surface area contributed by atoms with E-state index >= 15 is 0 Å². The fourth-order valence-electron chi connectivity index (χ4n) is 3.21. The van der Waals surface area contributed by atoms with Crippen LogP contribution in [0, 0.1) is 12.3 Å². The van der Waals surface area contributed by atoms with E-state index in [0.29, 0.717) is 13.2 Å². The first kappa shape index (κ1) is 12.5. The molecule has 0 radical (unpaired) electrons. The normalized spacial score (nSPS) is 22.4.